The zero-order chi connectivity index (χ0) is 25.0. The van der Waals surface area contributed by atoms with Crippen LogP contribution in [-0.4, -0.2) is 36.2 Å². The Morgan fingerprint density at radius 3 is 2.44 bits per heavy atom. The monoisotopic (exact) mass is 477 g/mol. The molecule has 186 valence electrons. The third-order valence-electron chi connectivity index (χ3n) is 5.87. The molecule has 0 aromatic heterocycles. The molecule has 5 nitrogen and oxygen atoms in total. The lowest BCUT2D eigenvalue weighted by Gasteiger charge is -2.31. The molecule has 1 aliphatic rings. The van der Waals surface area contributed by atoms with Crippen LogP contribution in [0, 0.1) is 22.9 Å². The first kappa shape index (κ1) is 26.0. The maximum absolute atomic E-state index is 14.6. The third kappa shape index (κ3) is 7.21. The van der Waals surface area contributed by atoms with Crippen LogP contribution < -0.4 is 16.0 Å². The second-order valence-electron chi connectivity index (χ2n) is 10.3. The van der Waals surface area contributed by atoms with Gasteiger partial charge in [0.15, 0.2) is 0 Å². The largest absolute Gasteiger partial charge is 0.390 e. The van der Waals surface area contributed by atoms with E-state index in [4.69, 9.17) is 0 Å². The molecule has 1 amide bonds. The van der Waals surface area contributed by atoms with Crippen molar-refractivity contribution in [1.29, 1.82) is 0 Å². The maximum atomic E-state index is 14.6. The van der Waals surface area contributed by atoms with E-state index in [-0.39, 0.29) is 36.1 Å². The third-order valence-corrected chi connectivity index (χ3v) is 5.87. The number of amides is 1. The Morgan fingerprint density at radius 1 is 1.15 bits per heavy atom. The zero-order valence-electron chi connectivity index (χ0n) is 20.1. The van der Waals surface area contributed by atoms with Crippen LogP contribution in [0.4, 0.5) is 18.9 Å². The molecule has 8 heteroatoms. The molecule has 0 aliphatic carbocycles. The predicted octanol–water partition coefficient (Wildman–Crippen LogP) is 4.25. The SMILES string of the molecule is CC(=O)NC(Cc1cc(F)cc(F)c1)C(O)CNC1CCNc2cc(F)c(CC(C)(C)C)cc21. The second-order valence-corrected chi connectivity index (χ2v) is 10.3. The van der Waals surface area contributed by atoms with Crippen LogP contribution in [-0.2, 0) is 17.6 Å². The molecule has 0 saturated heterocycles. The Bertz CT molecular complexity index is 1000. The van der Waals surface area contributed by atoms with Gasteiger partial charge in [0, 0.05) is 37.8 Å². The first-order valence-corrected chi connectivity index (χ1v) is 11.6. The Kier molecular flexibility index (Phi) is 8.25. The van der Waals surface area contributed by atoms with E-state index < -0.39 is 23.8 Å². The highest BCUT2D eigenvalue weighted by atomic mass is 19.1. The number of benzene rings is 2. The van der Waals surface area contributed by atoms with Gasteiger partial charge in [-0.25, -0.2) is 13.2 Å². The predicted molar refractivity (Wildman–Crippen MR) is 127 cm³/mol. The summed E-state index contributed by atoms with van der Waals surface area (Å²) in [5, 5.41) is 20.1. The quantitative estimate of drug-likeness (QED) is 0.459. The average molecular weight is 478 g/mol. The Balaban J connectivity index is 1.74. The highest BCUT2D eigenvalue weighted by Gasteiger charge is 2.26. The lowest BCUT2D eigenvalue weighted by Crippen LogP contribution is -2.48. The average Bonchev–Trinajstić information content (AvgIpc) is 2.70. The number of halogens is 3. The summed E-state index contributed by atoms with van der Waals surface area (Å²) in [5.74, 6) is -2.02. The summed E-state index contributed by atoms with van der Waals surface area (Å²) in [6, 6.07) is 5.71. The number of aliphatic hydroxyl groups is 1. The van der Waals surface area contributed by atoms with Crippen LogP contribution in [0.1, 0.15) is 56.8 Å². The number of fused-ring (bicyclic) bond motifs is 1. The van der Waals surface area contributed by atoms with Crippen molar-refractivity contribution in [1.82, 2.24) is 10.6 Å². The topological polar surface area (TPSA) is 73.4 Å². The van der Waals surface area contributed by atoms with E-state index >= 15 is 0 Å². The fourth-order valence-electron chi connectivity index (χ4n) is 4.44. The highest BCUT2D eigenvalue weighted by Crippen LogP contribution is 2.34. The van der Waals surface area contributed by atoms with Gasteiger partial charge in [0.1, 0.15) is 17.5 Å². The van der Waals surface area contributed by atoms with Crippen molar-refractivity contribution in [2.45, 2.75) is 65.1 Å². The van der Waals surface area contributed by atoms with E-state index in [0.717, 1.165) is 23.7 Å². The van der Waals surface area contributed by atoms with E-state index in [1.165, 1.54) is 25.1 Å². The summed E-state index contributed by atoms with van der Waals surface area (Å²) >= 11 is 0. The summed E-state index contributed by atoms with van der Waals surface area (Å²) in [6.07, 6.45) is 0.389. The van der Waals surface area contributed by atoms with Crippen molar-refractivity contribution < 1.29 is 23.1 Å². The number of hydrogen-bond acceptors (Lipinski definition) is 4. The van der Waals surface area contributed by atoms with Gasteiger partial charge in [0.05, 0.1) is 12.1 Å². The van der Waals surface area contributed by atoms with E-state index in [1.54, 1.807) is 0 Å². The van der Waals surface area contributed by atoms with Gasteiger partial charge in [-0.1, -0.05) is 20.8 Å². The molecule has 0 radical (unpaired) electrons. The molecule has 0 fully saturated rings. The van der Waals surface area contributed by atoms with Crippen LogP contribution in [0.25, 0.3) is 0 Å². The van der Waals surface area contributed by atoms with Crippen LogP contribution >= 0.6 is 0 Å². The number of nitrogens with one attached hydrogen (secondary N) is 3. The Labute approximate surface area is 199 Å². The van der Waals surface area contributed by atoms with E-state index in [1.807, 2.05) is 6.07 Å². The summed E-state index contributed by atoms with van der Waals surface area (Å²) in [6.45, 7) is 8.29. The fourth-order valence-corrected chi connectivity index (χ4v) is 4.44. The van der Waals surface area contributed by atoms with Crippen molar-refractivity contribution in [3.63, 3.8) is 0 Å². The smallest absolute Gasteiger partial charge is 0.217 e. The molecule has 3 rings (SSSR count). The van der Waals surface area contributed by atoms with Gasteiger partial charge in [-0.05, 0) is 65.6 Å². The van der Waals surface area contributed by atoms with Crippen molar-refractivity contribution in [2.75, 3.05) is 18.4 Å². The molecule has 0 bridgehead atoms. The number of anilines is 1. The number of rotatable bonds is 8. The number of hydrogen-bond donors (Lipinski definition) is 4. The highest BCUT2D eigenvalue weighted by molar-refractivity contribution is 5.73. The van der Waals surface area contributed by atoms with Gasteiger partial charge in [-0.3, -0.25) is 4.79 Å². The van der Waals surface area contributed by atoms with Crippen LogP contribution in [0.3, 0.4) is 0 Å². The lowest BCUT2D eigenvalue weighted by atomic mass is 9.85. The molecule has 2 aromatic carbocycles. The molecular weight excluding hydrogens is 443 g/mol. The van der Waals surface area contributed by atoms with Crippen molar-refractivity contribution in [3.8, 4) is 0 Å². The molecule has 3 atom stereocenters. The zero-order valence-corrected chi connectivity index (χ0v) is 20.1. The van der Waals surface area contributed by atoms with Gasteiger partial charge in [-0.15, -0.1) is 0 Å². The molecule has 0 spiro atoms. The summed E-state index contributed by atoms with van der Waals surface area (Å²) in [4.78, 5) is 11.7. The van der Waals surface area contributed by atoms with Crippen LogP contribution in [0.5, 0.6) is 0 Å². The summed E-state index contributed by atoms with van der Waals surface area (Å²) in [5.41, 5.74) is 2.57. The van der Waals surface area contributed by atoms with Crippen molar-refractivity contribution in [3.05, 3.63) is 64.5 Å². The minimum Gasteiger partial charge on any atom is -0.390 e. The molecule has 34 heavy (non-hydrogen) atoms. The number of carbonyl (C=O) groups is 1. The molecule has 2 aromatic rings. The number of aliphatic hydroxyl groups excluding tert-OH is 1. The molecule has 3 unspecified atom stereocenters. The van der Waals surface area contributed by atoms with E-state index in [0.29, 0.717) is 24.1 Å². The van der Waals surface area contributed by atoms with Gasteiger partial charge in [0.2, 0.25) is 5.91 Å². The molecule has 4 N–H and O–H groups in total. The number of carbonyl (C=O) groups excluding carboxylic acids is 1. The van der Waals surface area contributed by atoms with Crippen molar-refractivity contribution in [2.24, 2.45) is 5.41 Å². The normalized spacial score (nSPS) is 17.5. The second kappa shape index (κ2) is 10.8. The Hall–Kier alpha value is -2.58. The summed E-state index contributed by atoms with van der Waals surface area (Å²) < 4.78 is 41.9. The maximum Gasteiger partial charge on any atom is 0.217 e. The summed E-state index contributed by atoms with van der Waals surface area (Å²) in [7, 11) is 0. The first-order chi connectivity index (χ1) is 15.9. The van der Waals surface area contributed by atoms with Crippen LogP contribution in [0.2, 0.25) is 0 Å². The van der Waals surface area contributed by atoms with Gasteiger partial charge < -0.3 is 21.1 Å². The van der Waals surface area contributed by atoms with Gasteiger partial charge in [0.25, 0.3) is 0 Å². The van der Waals surface area contributed by atoms with Crippen LogP contribution in [0.15, 0.2) is 30.3 Å². The standard InChI is InChI=1S/C26H34F3N3O2/c1-15(33)32-24(9-16-7-18(27)11-19(28)8-16)25(34)14-31-22-5-6-30-23-12-21(29)17(10-20(22)23)13-26(2,3)4/h7-8,10-12,22,24-25,30-31,34H,5-6,9,13-14H2,1-4H3,(H,32,33). The molecule has 0 saturated carbocycles. The molecule has 1 heterocycles. The van der Waals surface area contributed by atoms with E-state index in [2.05, 4.69) is 36.7 Å². The first-order valence-electron chi connectivity index (χ1n) is 11.6. The molecule has 1 aliphatic heterocycles. The lowest BCUT2D eigenvalue weighted by molar-refractivity contribution is -0.120. The van der Waals surface area contributed by atoms with E-state index in [9.17, 15) is 23.1 Å². The minimum absolute atomic E-state index is 0.0703. The van der Waals surface area contributed by atoms with Gasteiger partial charge in [-0.2, -0.15) is 0 Å². The molecular formula is C26H34F3N3O2. The Morgan fingerprint density at radius 2 is 1.82 bits per heavy atom. The van der Waals surface area contributed by atoms with Crippen molar-refractivity contribution >= 4 is 11.6 Å². The fraction of sp³-hybridized carbons (Fsp3) is 0.500. The van der Waals surface area contributed by atoms with Gasteiger partial charge >= 0.3 is 0 Å². The minimum atomic E-state index is -1.01.